The van der Waals surface area contributed by atoms with Gasteiger partial charge >= 0.3 is 0 Å². The SMILES string of the molecule is Cc1nc2c3c(cc(C)n2n1)c(C(N)=O)c(N)n3-c1c(C)ccc(O)c1C. The molecule has 27 heavy (non-hydrogen) atoms. The number of anilines is 1. The Morgan fingerprint density at radius 1 is 1.19 bits per heavy atom. The molecular formula is C19H20N6O2. The predicted molar refractivity (Wildman–Crippen MR) is 103 cm³/mol. The third-order valence-electron chi connectivity index (χ3n) is 4.93. The highest BCUT2D eigenvalue weighted by molar-refractivity contribution is 6.14. The Morgan fingerprint density at radius 2 is 1.89 bits per heavy atom. The van der Waals surface area contributed by atoms with E-state index in [0.29, 0.717) is 33.6 Å². The van der Waals surface area contributed by atoms with E-state index in [4.69, 9.17) is 11.5 Å². The van der Waals surface area contributed by atoms with Crippen LogP contribution in [0.4, 0.5) is 5.82 Å². The molecule has 0 aliphatic carbocycles. The van der Waals surface area contributed by atoms with Crippen LogP contribution in [0.1, 0.15) is 33.0 Å². The van der Waals surface area contributed by atoms with E-state index in [9.17, 15) is 9.90 Å². The number of fused-ring (bicyclic) bond motifs is 3. The number of phenolic OH excluding ortho intramolecular Hbond substituents is 1. The minimum atomic E-state index is -0.619. The van der Waals surface area contributed by atoms with Gasteiger partial charge in [-0.1, -0.05) is 6.07 Å². The Bertz CT molecular complexity index is 1270. The van der Waals surface area contributed by atoms with Crippen LogP contribution in [0.5, 0.6) is 5.75 Å². The molecule has 0 saturated heterocycles. The van der Waals surface area contributed by atoms with E-state index >= 15 is 0 Å². The van der Waals surface area contributed by atoms with Gasteiger partial charge in [0.05, 0.1) is 11.3 Å². The monoisotopic (exact) mass is 364 g/mol. The summed E-state index contributed by atoms with van der Waals surface area (Å²) in [5, 5.41) is 15.3. The highest BCUT2D eigenvalue weighted by Gasteiger charge is 2.26. The number of aromatic hydroxyl groups is 1. The summed E-state index contributed by atoms with van der Waals surface area (Å²) >= 11 is 0. The predicted octanol–water partition coefficient (Wildman–Crippen LogP) is 2.29. The van der Waals surface area contributed by atoms with Crippen molar-refractivity contribution in [2.75, 3.05) is 5.73 Å². The molecule has 0 aliphatic rings. The van der Waals surface area contributed by atoms with Crippen LogP contribution in [-0.2, 0) is 0 Å². The highest BCUT2D eigenvalue weighted by atomic mass is 16.3. The molecule has 0 radical (unpaired) electrons. The van der Waals surface area contributed by atoms with Gasteiger partial charge in [-0.05, 0) is 45.4 Å². The number of hydrogen-bond donors (Lipinski definition) is 3. The second-order valence-electron chi connectivity index (χ2n) is 6.78. The number of phenols is 1. The number of nitrogens with two attached hydrogens (primary N) is 2. The third-order valence-corrected chi connectivity index (χ3v) is 4.93. The minimum Gasteiger partial charge on any atom is -0.508 e. The number of carbonyl (C=O) groups is 1. The van der Waals surface area contributed by atoms with Crippen molar-refractivity contribution in [3.63, 3.8) is 0 Å². The summed E-state index contributed by atoms with van der Waals surface area (Å²) in [5.74, 6) is 0.328. The first-order chi connectivity index (χ1) is 12.7. The van der Waals surface area contributed by atoms with Gasteiger partial charge < -0.3 is 16.6 Å². The smallest absolute Gasteiger partial charge is 0.253 e. The minimum absolute atomic E-state index is 0.137. The van der Waals surface area contributed by atoms with Gasteiger partial charge in [-0.15, -0.1) is 0 Å². The molecule has 138 valence electrons. The van der Waals surface area contributed by atoms with Crippen molar-refractivity contribution >= 4 is 28.3 Å². The van der Waals surface area contributed by atoms with E-state index < -0.39 is 5.91 Å². The van der Waals surface area contributed by atoms with E-state index in [1.54, 1.807) is 35.1 Å². The summed E-state index contributed by atoms with van der Waals surface area (Å²) < 4.78 is 3.45. The maximum Gasteiger partial charge on any atom is 0.253 e. The van der Waals surface area contributed by atoms with Crippen LogP contribution in [0.25, 0.3) is 22.2 Å². The molecule has 8 heteroatoms. The number of nitrogen functional groups attached to an aromatic ring is 1. The van der Waals surface area contributed by atoms with Gasteiger partial charge in [0.1, 0.15) is 22.9 Å². The quantitative estimate of drug-likeness (QED) is 0.503. The largest absolute Gasteiger partial charge is 0.508 e. The van der Waals surface area contributed by atoms with Gasteiger partial charge in [0, 0.05) is 16.6 Å². The van der Waals surface area contributed by atoms with Gasteiger partial charge in [-0.3, -0.25) is 9.36 Å². The highest BCUT2D eigenvalue weighted by Crippen LogP contribution is 2.38. The fraction of sp³-hybridized carbons (Fsp3) is 0.211. The number of hydrogen-bond acceptors (Lipinski definition) is 5. The summed E-state index contributed by atoms with van der Waals surface area (Å²) in [5.41, 5.74) is 16.5. The van der Waals surface area contributed by atoms with Crippen LogP contribution in [0.3, 0.4) is 0 Å². The van der Waals surface area contributed by atoms with Gasteiger partial charge in [0.2, 0.25) is 0 Å². The van der Waals surface area contributed by atoms with E-state index in [2.05, 4.69) is 10.1 Å². The van der Waals surface area contributed by atoms with Crippen LogP contribution < -0.4 is 11.5 Å². The normalized spacial score (nSPS) is 11.6. The van der Waals surface area contributed by atoms with Crippen molar-refractivity contribution in [1.29, 1.82) is 0 Å². The van der Waals surface area contributed by atoms with Crippen LogP contribution in [0.15, 0.2) is 18.2 Å². The molecule has 0 atom stereocenters. The lowest BCUT2D eigenvalue weighted by atomic mass is 10.1. The van der Waals surface area contributed by atoms with Gasteiger partial charge in [-0.25, -0.2) is 9.50 Å². The lowest BCUT2D eigenvalue weighted by Crippen LogP contribution is -2.14. The van der Waals surface area contributed by atoms with E-state index in [1.807, 2.05) is 19.9 Å². The van der Waals surface area contributed by atoms with Crippen molar-refractivity contribution < 1.29 is 9.90 Å². The molecule has 5 N–H and O–H groups in total. The number of carbonyl (C=O) groups excluding carboxylic acids is 1. The zero-order valence-electron chi connectivity index (χ0n) is 15.5. The summed E-state index contributed by atoms with van der Waals surface area (Å²) in [6.07, 6.45) is 0. The Kier molecular flexibility index (Phi) is 3.42. The molecule has 0 unspecified atom stereocenters. The maximum absolute atomic E-state index is 12.2. The molecule has 1 aromatic carbocycles. The molecule has 8 nitrogen and oxygen atoms in total. The van der Waals surface area contributed by atoms with Crippen LogP contribution in [0, 0.1) is 27.7 Å². The number of amides is 1. The Balaban J connectivity index is 2.32. The summed E-state index contributed by atoms with van der Waals surface area (Å²) in [6.45, 7) is 7.39. The Labute approximate surface area is 155 Å². The molecule has 3 aromatic heterocycles. The molecule has 0 aliphatic heterocycles. The molecule has 3 heterocycles. The second-order valence-corrected chi connectivity index (χ2v) is 6.78. The molecule has 0 saturated carbocycles. The van der Waals surface area contributed by atoms with Crippen molar-refractivity contribution in [2.24, 2.45) is 5.73 Å². The third kappa shape index (κ3) is 2.19. The fourth-order valence-electron chi connectivity index (χ4n) is 3.71. The van der Waals surface area contributed by atoms with Crippen LogP contribution in [-0.4, -0.2) is 30.2 Å². The summed E-state index contributed by atoms with van der Waals surface area (Å²) in [6, 6.07) is 5.26. The van der Waals surface area contributed by atoms with Crippen molar-refractivity contribution in [3.8, 4) is 11.4 Å². The van der Waals surface area contributed by atoms with E-state index in [-0.39, 0.29) is 17.1 Å². The number of primary amides is 1. The van der Waals surface area contributed by atoms with Crippen LogP contribution >= 0.6 is 0 Å². The number of nitrogens with zero attached hydrogens (tertiary/aromatic N) is 4. The van der Waals surface area contributed by atoms with Crippen molar-refractivity contribution in [3.05, 3.63) is 46.4 Å². The number of aromatic nitrogens is 4. The first-order valence-corrected chi connectivity index (χ1v) is 8.48. The number of benzene rings is 1. The van der Waals surface area contributed by atoms with E-state index in [1.165, 1.54) is 0 Å². The average Bonchev–Trinajstić information content (AvgIpc) is 3.10. The maximum atomic E-state index is 12.2. The lowest BCUT2D eigenvalue weighted by Gasteiger charge is -2.16. The second kappa shape index (κ2) is 5.47. The molecule has 4 aromatic rings. The number of aryl methyl sites for hydroxylation is 3. The molecule has 0 bridgehead atoms. The molecular weight excluding hydrogens is 344 g/mol. The van der Waals surface area contributed by atoms with Crippen molar-refractivity contribution in [2.45, 2.75) is 27.7 Å². The van der Waals surface area contributed by atoms with E-state index in [0.717, 1.165) is 11.3 Å². The number of pyridine rings is 1. The Hall–Kier alpha value is -3.55. The molecule has 0 fully saturated rings. The fourth-order valence-corrected chi connectivity index (χ4v) is 3.71. The van der Waals surface area contributed by atoms with Crippen molar-refractivity contribution in [1.82, 2.24) is 19.2 Å². The number of rotatable bonds is 2. The molecule has 1 amide bonds. The standard InChI is InChI=1S/C19H20N6O2/c1-8-5-6-13(26)10(3)15(8)24-16-12(14(17(24)20)18(21)27)7-9(2)25-19(16)22-11(4)23-25/h5-7,26H,20H2,1-4H3,(H2,21,27). The zero-order chi connectivity index (χ0) is 19.6. The molecule has 4 rings (SSSR count). The van der Waals surface area contributed by atoms with Gasteiger partial charge in [0.15, 0.2) is 5.65 Å². The first-order valence-electron chi connectivity index (χ1n) is 8.48. The van der Waals surface area contributed by atoms with Gasteiger partial charge in [-0.2, -0.15) is 5.10 Å². The summed E-state index contributed by atoms with van der Waals surface area (Å²) in [7, 11) is 0. The first kappa shape index (κ1) is 16.9. The Morgan fingerprint density at radius 3 is 2.56 bits per heavy atom. The average molecular weight is 364 g/mol. The van der Waals surface area contributed by atoms with Crippen LogP contribution in [0.2, 0.25) is 0 Å². The van der Waals surface area contributed by atoms with Gasteiger partial charge in [0.25, 0.3) is 5.91 Å². The molecule has 0 spiro atoms. The zero-order valence-corrected chi connectivity index (χ0v) is 15.5. The lowest BCUT2D eigenvalue weighted by molar-refractivity contribution is 0.100. The summed E-state index contributed by atoms with van der Waals surface area (Å²) in [4.78, 5) is 16.8. The topological polar surface area (TPSA) is 124 Å².